The molecule has 1 fully saturated rings. The van der Waals surface area contributed by atoms with E-state index in [2.05, 4.69) is 6.92 Å². The number of unbranched alkanes of at least 4 members (excludes halogenated alkanes) is 13. The standard InChI is InChI=1S/C23H43NO3/c1-3-5-6-7-8-9-10-11-12-13-14-15-16-17-18-24-20-21(19-22(24)25)23(26)27-4-2/h21H,3-20H2,1-2H3. The van der Waals surface area contributed by atoms with E-state index in [4.69, 9.17) is 4.74 Å². The van der Waals surface area contributed by atoms with Crippen molar-refractivity contribution in [3.63, 3.8) is 0 Å². The Morgan fingerprint density at radius 3 is 1.81 bits per heavy atom. The molecule has 1 amide bonds. The molecule has 1 heterocycles. The summed E-state index contributed by atoms with van der Waals surface area (Å²) in [5.41, 5.74) is 0. The lowest BCUT2D eigenvalue weighted by atomic mass is 10.0. The van der Waals surface area contributed by atoms with Crippen molar-refractivity contribution in [3.05, 3.63) is 0 Å². The van der Waals surface area contributed by atoms with Gasteiger partial charge in [-0.3, -0.25) is 9.59 Å². The van der Waals surface area contributed by atoms with E-state index in [0.29, 0.717) is 19.6 Å². The summed E-state index contributed by atoms with van der Waals surface area (Å²) in [5.74, 6) is -0.346. The Morgan fingerprint density at radius 2 is 1.33 bits per heavy atom. The van der Waals surface area contributed by atoms with Crippen molar-refractivity contribution < 1.29 is 14.3 Å². The van der Waals surface area contributed by atoms with Crippen LogP contribution in [0.4, 0.5) is 0 Å². The lowest BCUT2D eigenvalue weighted by Gasteiger charge is -2.16. The number of esters is 1. The normalized spacial score (nSPS) is 16.9. The Kier molecular flexibility index (Phi) is 14.2. The molecule has 1 saturated heterocycles. The van der Waals surface area contributed by atoms with Crippen LogP contribution in [0.5, 0.6) is 0 Å². The van der Waals surface area contributed by atoms with Gasteiger partial charge in [0.25, 0.3) is 0 Å². The smallest absolute Gasteiger partial charge is 0.311 e. The van der Waals surface area contributed by atoms with Crippen LogP contribution in [-0.2, 0) is 14.3 Å². The molecule has 1 aliphatic heterocycles. The number of rotatable bonds is 17. The molecule has 1 aliphatic rings. The van der Waals surface area contributed by atoms with Crippen LogP contribution in [0.1, 0.15) is 110 Å². The summed E-state index contributed by atoms with van der Waals surface area (Å²) in [6.07, 6.45) is 19.1. The molecule has 0 aliphatic carbocycles. The van der Waals surface area contributed by atoms with Crippen LogP contribution in [0.2, 0.25) is 0 Å². The van der Waals surface area contributed by atoms with Gasteiger partial charge in [-0.1, -0.05) is 90.4 Å². The molecule has 0 aromatic heterocycles. The van der Waals surface area contributed by atoms with Crippen molar-refractivity contribution in [3.8, 4) is 0 Å². The highest BCUT2D eigenvalue weighted by atomic mass is 16.5. The summed E-state index contributed by atoms with van der Waals surface area (Å²) < 4.78 is 5.03. The second-order valence-corrected chi connectivity index (χ2v) is 8.09. The molecule has 0 bridgehead atoms. The van der Waals surface area contributed by atoms with E-state index in [-0.39, 0.29) is 17.8 Å². The number of amides is 1. The molecule has 0 spiro atoms. The number of ether oxygens (including phenoxy) is 1. The fourth-order valence-electron chi connectivity index (χ4n) is 3.90. The van der Waals surface area contributed by atoms with Crippen LogP contribution >= 0.6 is 0 Å². The molecule has 27 heavy (non-hydrogen) atoms. The molecule has 1 unspecified atom stereocenters. The van der Waals surface area contributed by atoms with Crippen LogP contribution in [0.15, 0.2) is 0 Å². The molecule has 0 N–H and O–H groups in total. The zero-order valence-electron chi connectivity index (χ0n) is 18.0. The van der Waals surface area contributed by atoms with Crippen LogP contribution in [0, 0.1) is 5.92 Å². The second kappa shape index (κ2) is 15.9. The van der Waals surface area contributed by atoms with Gasteiger partial charge in [-0.05, 0) is 13.3 Å². The topological polar surface area (TPSA) is 46.6 Å². The van der Waals surface area contributed by atoms with Gasteiger partial charge in [0.2, 0.25) is 5.91 Å². The van der Waals surface area contributed by atoms with Crippen molar-refractivity contribution >= 4 is 11.9 Å². The lowest BCUT2D eigenvalue weighted by Crippen LogP contribution is -2.27. The lowest BCUT2D eigenvalue weighted by molar-refractivity contribution is -0.147. The molecule has 158 valence electrons. The van der Waals surface area contributed by atoms with Crippen LogP contribution in [0.25, 0.3) is 0 Å². The number of hydrogen-bond donors (Lipinski definition) is 0. The molecule has 1 atom stereocenters. The van der Waals surface area contributed by atoms with Crippen molar-refractivity contribution in [1.82, 2.24) is 4.90 Å². The van der Waals surface area contributed by atoms with Crippen LogP contribution in [0.3, 0.4) is 0 Å². The number of carbonyl (C=O) groups is 2. The van der Waals surface area contributed by atoms with Gasteiger partial charge in [0.1, 0.15) is 0 Å². The summed E-state index contributed by atoms with van der Waals surface area (Å²) in [6, 6.07) is 0. The number of likely N-dealkylation sites (tertiary alicyclic amines) is 1. The van der Waals surface area contributed by atoms with E-state index in [1.54, 1.807) is 6.92 Å². The molecule has 4 nitrogen and oxygen atoms in total. The van der Waals surface area contributed by atoms with Gasteiger partial charge in [-0.2, -0.15) is 0 Å². The van der Waals surface area contributed by atoms with E-state index in [0.717, 1.165) is 13.0 Å². The minimum atomic E-state index is -0.246. The van der Waals surface area contributed by atoms with Crippen LogP contribution in [-0.4, -0.2) is 36.5 Å². The summed E-state index contributed by atoms with van der Waals surface area (Å²) in [7, 11) is 0. The Bertz CT molecular complexity index is 397. The fraction of sp³-hybridized carbons (Fsp3) is 0.913. The Balaban J connectivity index is 1.88. The number of hydrogen-bond acceptors (Lipinski definition) is 3. The molecule has 0 radical (unpaired) electrons. The van der Waals surface area contributed by atoms with Gasteiger partial charge in [-0.15, -0.1) is 0 Å². The van der Waals surface area contributed by atoms with E-state index < -0.39 is 0 Å². The summed E-state index contributed by atoms with van der Waals surface area (Å²) in [6.45, 7) is 5.82. The summed E-state index contributed by atoms with van der Waals surface area (Å²) in [4.78, 5) is 25.6. The molecule has 0 saturated carbocycles. The first-order valence-electron chi connectivity index (χ1n) is 11.6. The zero-order chi connectivity index (χ0) is 19.7. The average Bonchev–Trinajstić information content (AvgIpc) is 3.03. The predicted octanol–water partition coefficient (Wildman–Crippen LogP) is 5.88. The van der Waals surface area contributed by atoms with E-state index in [9.17, 15) is 9.59 Å². The van der Waals surface area contributed by atoms with Crippen LogP contribution < -0.4 is 0 Å². The zero-order valence-corrected chi connectivity index (χ0v) is 18.0. The molecule has 4 heteroatoms. The fourth-order valence-corrected chi connectivity index (χ4v) is 3.90. The molecular weight excluding hydrogens is 338 g/mol. The first kappa shape index (κ1) is 24.0. The highest BCUT2D eigenvalue weighted by Gasteiger charge is 2.34. The average molecular weight is 382 g/mol. The maximum absolute atomic E-state index is 12.0. The second-order valence-electron chi connectivity index (χ2n) is 8.09. The van der Waals surface area contributed by atoms with E-state index >= 15 is 0 Å². The molecule has 1 rings (SSSR count). The Hall–Kier alpha value is -1.06. The predicted molar refractivity (Wildman–Crippen MR) is 112 cm³/mol. The first-order valence-corrected chi connectivity index (χ1v) is 11.6. The van der Waals surface area contributed by atoms with Crippen molar-refractivity contribution in [2.45, 2.75) is 110 Å². The summed E-state index contributed by atoms with van der Waals surface area (Å²) in [5, 5.41) is 0. The van der Waals surface area contributed by atoms with E-state index in [1.807, 2.05) is 4.90 Å². The quantitative estimate of drug-likeness (QED) is 0.233. The first-order chi connectivity index (χ1) is 13.2. The maximum atomic E-state index is 12.0. The minimum Gasteiger partial charge on any atom is -0.466 e. The van der Waals surface area contributed by atoms with Gasteiger partial charge in [0.15, 0.2) is 0 Å². The maximum Gasteiger partial charge on any atom is 0.311 e. The monoisotopic (exact) mass is 381 g/mol. The minimum absolute atomic E-state index is 0.114. The van der Waals surface area contributed by atoms with Gasteiger partial charge in [-0.25, -0.2) is 0 Å². The van der Waals surface area contributed by atoms with Gasteiger partial charge in [0.05, 0.1) is 12.5 Å². The largest absolute Gasteiger partial charge is 0.466 e. The number of nitrogens with zero attached hydrogens (tertiary/aromatic N) is 1. The highest BCUT2D eigenvalue weighted by molar-refractivity contribution is 5.86. The number of carbonyl (C=O) groups excluding carboxylic acids is 2. The van der Waals surface area contributed by atoms with Crippen molar-refractivity contribution in [2.24, 2.45) is 5.92 Å². The highest BCUT2D eigenvalue weighted by Crippen LogP contribution is 2.20. The SMILES string of the molecule is CCCCCCCCCCCCCCCCN1CC(C(=O)OCC)CC1=O. The third-order valence-corrected chi connectivity index (χ3v) is 5.62. The molecule has 0 aromatic carbocycles. The third kappa shape index (κ3) is 11.4. The van der Waals surface area contributed by atoms with Crippen molar-refractivity contribution in [2.75, 3.05) is 19.7 Å². The van der Waals surface area contributed by atoms with Gasteiger partial charge >= 0.3 is 5.97 Å². The Labute approximate surface area is 167 Å². The third-order valence-electron chi connectivity index (χ3n) is 5.62. The summed E-state index contributed by atoms with van der Waals surface area (Å²) >= 11 is 0. The molecule has 0 aromatic rings. The Morgan fingerprint density at radius 1 is 0.852 bits per heavy atom. The van der Waals surface area contributed by atoms with E-state index in [1.165, 1.54) is 83.5 Å². The van der Waals surface area contributed by atoms with Gasteiger partial charge < -0.3 is 9.64 Å². The molecular formula is C23H43NO3. The van der Waals surface area contributed by atoms with Gasteiger partial charge in [0, 0.05) is 19.5 Å². The van der Waals surface area contributed by atoms with Crippen molar-refractivity contribution in [1.29, 1.82) is 0 Å².